The second-order valence-electron chi connectivity index (χ2n) is 4.57. The molecule has 0 radical (unpaired) electrons. The molecule has 2 aromatic rings. The number of rotatable bonds is 4. The van der Waals surface area contributed by atoms with Gasteiger partial charge in [-0.1, -0.05) is 18.2 Å². The third-order valence-electron chi connectivity index (χ3n) is 3.28. The summed E-state index contributed by atoms with van der Waals surface area (Å²) in [5.74, 6) is 1.13. The number of ether oxygens (including phenoxy) is 3. The SMILES string of the molecule is COC(=O)c1ccccc1CNc1ccc2c(c1)OCO2. The summed E-state index contributed by atoms with van der Waals surface area (Å²) in [4.78, 5) is 11.7. The maximum absolute atomic E-state index is 11.7. The smallest absolute Gasteiger partial charge is 0.338 e. The number of esters is 1. The van der Waals surface area contributed by atoms with Crippen molar-refractivity contribution >= 4 is 11.7 Å². The first-order valence-corrected chi connectivity index (χ1v) is 6.57. The Hall–Kier alpha value is -2.69. The lowest BCUT2D eigenvalue weighted by atomic mass is 10.1. The molecule has 1 heterocycles. The van der Waals surface area contributed by atoms with Gasteiger partial charge in [0.15, 0.2) is 11.5 Å². The molecule has 1 N–H and O–H groups in total. The summed E-state index contributed by atoms with van der Waals surface area (Å²) >= 11 is 0. The molecule has 5 nitrogen and oxygen atoms in total. The van der Waals surface area contributed by atoms with Crippen LogP contribution < -0.4 is 14.8 Å². The molecule has 108 valence electrons. The van der Waals surface area contributed by atoms with Gasteiger partial charge in [0, 0.05) is 18.3 Å². The van der Waals surface area contributed by atoms with Crippen LogP contribution in [0.5, 0.6) is 11.5 Å². The number of methoxy groups -OCH3 is 1. The largest absolute Gasteiger partial charge is 0.465 e. The van der Waals surface area contributed by atoms with Gasteiger partial charge >= 0.3 is 5.97 Å². The average Bonchev–Trinajstić information content (AvgIpc) is 3.00. The first-order chi connectivity index (χ1) is 10.3. The van der Waals surface area contributed by atoms with Gasteiger partial charge in [-0.05, 0) is 23.8 Å². The Labute approximate surface area is 122 Å². The van der Waals surface area contributed by atoms with E-state index in [1.165, 1.54) is 7.11 Å². The van der Waals surface area contributed by atoms with Crippen molar-refractivity contribution in [2.45, 2.75) is 6.54 Å². The fourth-order valence-corrected chi connectivity index (χ4v) is 2.19. The van der Waals surface area contributed by atoms with Crippen LogP contribution in [0.25, 0.3) is 0 Å². The Morgan fingerprint density at radius 1 is 1.19 bits per heavy atom. The summed E-state index contributed by atoms with van der Waals surface area (Å²) in [7, 11) is 1.38. The van der Waals surface area contributed by atoms with Crippen molar-refractivity contribution in [3.05, 3.63) is 53.6 Å². The van der Waals surface area contributed by atoms with E-state index in [4.69, 9.17) is 14.2 Å². The summed E-state index contributed by atoms with van der Waals surface area (Å²) in [5.41, 5.74) is 2.34. The summed E-state index contributed by atoms with van der Waals surface area (Å²) < 4.78 is 15.4. The number of benzene rings is 2. The number of hydrogen-bond donors (Lipinski definition) is 1. The topological polar surface area (TPSA) is 56.8 Å². The second-order valence-corrected chi connectivity index (χ2v) is 4.57. The number of fused-ring (bicyclic) bond motifs is 1. The second kappa shape index (κ2) is 5.75. The zero-order valence-corrected chi connectivity index (χ0v) is 11.6. The molecule has 1 aliphatic rings. The third kappa shape index (κ3) is 2.76. The van der Waals surface area contributed by atoms with E-state index in [1.54, 1.807) is 6.07 Å². The summed E-state index contributed by atoms with van der Waals surface area (Å²) in [6.45, 7) is 0.773. The van der Waals surface area contributed by atoms with Gasteiger partial charge in [-0.15, -0.1) is 0 Å². The molecule has 3 rings (SSSR count). The van der Waals surface area contributed by atoms with Crippen LogP contribution in [0.15, 0.2) is 42.5 Å². The number of anilines is 1. The highest BCUT2D eigenvalue weighted by molar-refractivity contribution is 5.91. The van der Waals surface area contributed by atoms with Gasteiger partial charge in [-0.3, -0.25) is 0 Å². The van der Waals surface area contributed by atoms with E-state index in [2.05, 4.69) is 5.32 Å². The molecule has 0 aromatic heterocycles. The van der Waals surface area contributed by atoms with E-state index >= 15 is 0 Å². The molecule has 21 heavy (non-hydrogen) atoms. The Kier molecular flexibility index (Phi) is 3.64. The molecule has 5 heteroatoms. The van der Waals surface area contributed by atoms with Crippen LogP contribution >= 0.6 is 0 Å². The van der Waals surface area contributed by atoms with Crippen molar-refractivity contribution in [1.82, 2.24) is 0 Å². The molecule has 0 aliphatic carbocycles. The standard InChI is InChI=1S/C16H15NO4/c1-19-16(18)13-5-3-2-4-11(13)9-17-12-6-7-14-15(8-12)21-10-20-14/h2-8,17H,9-10H2,1H3. The molecule has 2 aromatic carbocycles. The fraction of sp³-hybridized carbons (Fsp3) is 0.188. The van der Waals surface area contributed by atoms with Gasteiger partial charge < -0.3 is 19.5 Å². The number of nitrogens with one attached hydrogen (secondary N) is 1. The lowest BCUT2D eigenvalue weighted by Crippen LogP contribution is -2.09. The van der Waals surface area contributed by atoms with Crippen LogP contribution in [-0.4, -0.2) is 19.9 Å². The summed E-state index contributed by atoms with van der Waals surface area (Å²) in [6.07, 6.45) is 0. The van der Waals surface area contributed by atoms with Crippen molar-refractivity contribution in [3.63, 3.8) is 0 Å². The molecule has 0 bridgehead atoms. The van der Waals surface area contributed by atoms with Crippen molar-refractivity contribution in [3.8, 4) is 11.5 Å². The predicted octanol–water partition coefficient (Wildman–Crippen LogP) is 2.81. The zero-order chi connectivity index (χ0) is 14.7. The minimum atomic E-state index is -0.335. The van der Waals surface area contributed by atoms with Gasteiger partial charge in [0.25, 0.3) is 0 Å². The van der Waals surface area contributed by atoms with Gasteiger partial charge in [0.05, 0.1) is 12.7 Å². The predicted molar refractivity (Wildman–Crippen MR) is 77.7 cm³/mol. The first-order valence-electron chi connectivity index (χ1n) is 6.57. The number of hydrogen-bond acceptors (Lipinski definition) is 5. The van der Waals surface area contributed by atoms with E-state index in [0.29, 0.717) is 12.1 Å². The zero-order valence-electron chi connectivity index (χ0n) is 11.6. The van der Waals surface area contributed by atoms with Crippen LogP contribution in [-0.2, 0) is 11.3 Å². The van der Waals surface area contributed by atoms with Crippen LogP contribution in [0.3, 0.4) is 0 Å². The van der Waals surface area contributed by atoms with Crippen molar-refractivity contribution in [1.29, 1.82) is 0 Å². The first kappa shape index (κ1) is 13.3. The minimum Gasteiger partial charge on any atom is -0.465 e. The van der Waals surface area contributed by atoms with E-state index in [1.807, 2.05) is 36.4 Å². The Morgan fingerprint density at radius 2 is 2.00 bits per heavy atom. The molecule has 0 fully saturated rings. The van der Waals surface area contributed by atoms with E-state index in [9.17, 15) is 4.79 Å². The molecule has 0 saturated carbocycles. The minimum absolute atomic E-state index is 0.254. The van der Waals surface area contributed by atoms with Crippen LogP contribution in [0.1, 0.15) is 15.9 Å². The molecule has 0 unspecified atom stereocenters. The lowest BCUT2D eigenvalue weighted by molar-refractivity contribution is 0.0599. The monoisotopic (exact) mass is 285 g/mol. The molecular weight excluding hydrogens is 270 g/mol. The fourth-order valence-electron chi connectivity index (χ4n) is 2.19. The molecule has 0 amide bonds. The molecule has 1 aliphatic heterocycles. The maximum Gasteiger partial charge on any atom is 0.338 e. The van der Waals surface area contributed by atoms with Gasteiger partial charge in [-0.25, -0.2) is 4.79 Å². The van der Waals surface area contributed by atoms with Gasteiger partial charge in [0.1, 0.15) is 0 Å². The van der Waals surface area contributed by atoms with E-state index in [-0.39, 0.29) is 12.8 Å². The van der Waals surface area contributed by atoms with Crippen molar-refractivity contribution in [2.24, 2.45) is 0 Å². The quantitative estimate of drug-likeness (QED) is 0.875. The summed E-state index contributed by atoms with van der Waals surface area (Å²) in [6, 6.07) is 13.0. The third-order valence-corrected chi connectivity index (χ3v) is 3.28. The van der Waals surface area contributed by atoms with Crippen molar-refractivity contribution < 1.29 is 19.0 Å². The Morgan fingerprint density at radius 3 is 2.86 bits per heavy atom. The molecule has 0 spiro atoms. The van der Waals surface area contributed by atoms with Crippen LogP contribution in [0, 0.1) is 0 Å². The van der Waals surface area contributed by atoms with Crippen LogP contribution in [0.2, 0.25) is 0 Å². The van der Waals surface area contributed by atoms with Crippen molar-refractivity contribution in [2.75, 3.05) is 19.2 Å². The highest BCUT2D eigenvalue weighted by atomic mass is 16.7. The molecule has 0 atom stereocenters. The highest BCUT2D eigenvalue weighted by Gasteiger charge is 2.14. The Bertz CT molecular complexity index is 669. The highest BCUT2D eigenvalue weighted by Crippen LogP contribution is 2.34. The number of carbonyl (C=O) groups excluding carboxylic acids is 1. The van der Waals surface area contributed by atoms with E-state index < -0.39 is 0 Å². The average molecular weight is 285 g/mol. The van der Waals surface area contributed by atoms with E-state index in [0.717, 1.165) is 22.7 Å². The van der Waals surface area contributed by atoms with Crippen LogP contribution in [0.4, 0.5) is 5.69 Å². The summed E-state index contributed by atoms with van der Waals surface area (Å²) in [5, 5.41) is 3.27. The van der Waals surface area contributed by atoms with Gasteiger partial charge in [-0.2, -0.15) is 0 Å². The normalized spacial score (nSPS) is 12.0. The molecular formula is C16H15NO4. The molecule has 0 saturated heterocycles. The maximum atomic E-state index is 11.7. The van der Waals surface area contributed by atoms with Gasteiger partial charge in [0.2, 0.25) is 6.79 Å². The lowest BCUT2D eigenvalue weighted by Gasteiger charge is -2.10. The Balaban J connectivity index is 1.75. The number of carbonyl (C=O) groups is 1.